The standard InChI is InChI=1S/C21H37NO13/c23-3-8-1-11(22-16(12(28)5-25)18(31)13(29)6-26)10(4-24)17(30)9(8)2-14-19(32)21(34)20(33)15(7-27)35-14/h1,6,9-25,27-34H,2-5,7H2. The minimum atomic E-state index is -1.91. The van der Waals surface area contributed by atoms with Gasteiger partial charge in [-0.05, 0) is 12.0 Å². The summed E-state index contributed by atoms with van der Waals surface area (Å²) in [5, 5.41) is 113. The molecule has 1 saturated heterocycles. The molecule has 0 aromatic heterocycles. The second-order valence-electron chi connectivity index (χ2n) is 9.03. The predicted molar refractivity (Wildman–Crippen MR) is 116 cm³/mol. The maximum atomic E-state index is 11.0. The van der Waals surface area contributed by atoms with Gasteiger partial charge in [0.2, 0.25) is 0 Å². The van der Waals surface area contributed by atoms with Crippen LogP contribution in [0.25, 0.3) is 0 Å². The highest BCUT2D eigenvalue weighted by molar-refractivity contribution is 5.56. The van der Waals surface area contributed by atoms with Crippen LogP contribution in [0.4, 0.5) is 0 Å². The Labute approximate surface area is 201 Å². The lowest BCUT2D eigenvalue weighted by atomic mass is 9.72. The number of aliphatic hydroxyl groups excluding tert-OH is 11. The van der Waals surface area contributed by atoms with Crippen molar-refractivity contribution in [3.63, 3.8) is 0 Å². The van der Waals surface area contributed by atoms with Crippen LogP contribution in [0.15, 0.2) is 11.6 Å². The summed E-state index contributed by atoms with van der Waals surface area (Å²) in [5.74, 6) is -1.93. The van der Waals surface area contributed by atoms with Crippen molar-refractivity contribution in [1.82, 2.24) is 5.32 Å². The Morgan fingerprint density at radius 3 is 2.06 bits per heavy atom. The molecule has 13 unspecified atom stereocenters. The fourth-order valence-electron chi connectivity index (χ4n) is 4.75. The van der Waals surface area contributed by atoms with E-state index in [9.17, 15) is 61.0 Å². The van der Waals surface area contributed by atoms with Gasteiger partial charge in [-0.25, -0.2) is 0 Å². The van der Waals surface area contributed by atoms with E-state index in [1.165, 1.54) is 6.08 Å². The zero-order valence-corrected chi connectivity index (χ0v) is 18.9. The van der Waals surface area contributed by atoms with Crippen LogP contribution < -0.4 is 5.32 Å². The predicted octanol–water partition coefficient (Wildman–Crippen LogP) is -6.66. The van der Waals surface area contributed by atoms with Gasteiger partial charge < -0.3 is 71.0 Å². The number of hydrogen-bond donors (Lipinski definition) is 12. The molecule has 13 atom stereocenters. The number of aliphatic hydroxyl groups is 11. The number of ether oxygens (including phenoxy) is 1. The fraction of sp³-hybridized carbons (Fsp3) is 0.857. The molecule has 1 fully saturated rings. The van der Waals surface area contributed by atoms with Gasteiger partial charge in [-0.15, -0.1) is 0 Å². The van der Waals surface area contributed by atoms with E-state index < -0.39 is 105 Å². The minimum absolute atomic E-state index is 0.0359. The second kappa shape index (κ2) is 13.4. The molecule has 14 nitrogen and oxygen atoms in total. The average molecular weight is 512 g/mol. The van der Waals surface area contributed by atoms with Crippen LogP contribution in [-0.4, -0.2) is 156 Å². The van der Waals surface area contributed by atoms with Gasteiger partial charge >= 0.3 is 0 Å². The van der Waals surface area contributed by atoms with Crippen molar-refractivity contribution < 1.29 is 65.7 Å². The quantitative estimate of drug-likeness (QED) is 0.0858. The van der Waals surface area contributed by atoms with E-state index >= 15 is 0 Å². The molecule has 0 bridgehead atoms. The summed E-state index contributed by atoms with van der Waals surface area (Å²) in [6.45, 7) is -2.72. The largest absolute Gasteiger partial charge is 0.396 e. The molecule has 1 aliphatic heterocycles. The van der Waals surface area contributed by atoms with E-state index in [0.717, 1.165) is 0 Å². The molecule has 0 spiro atoms. The van der Waals surface area contributed by atoms with Crippen molar-refractivity contribution >= 4 is 6.29 Å². The normalized spacial score (nSPS) is 39.4. The van der Waals surface area contributed by atoms with Gasteiger partial charge in [0, 0.05) is 17.9 Å². The number of carbonyl (C=O) groups is 1. The molecule has 0 saturated carbocycles. The van der Waals surface area contributed by atoms with Crippen molar-refractivity contribution in [3.8, 4) is 0 Å². The Balaban J connectivity index is 2.31. The first-order valence-electron chi connectivity index (χ1n) is 11.3. The summed E-state index contributed by atoms with van der Waals surface area (Å²) in [4.78, 5) is 10.9. The zero-order chi connectivity index (χ0) is 26.4. The van der Waals surface area contributed by atoms with E-state index in [-0.39, 0.29) is 18.3 Å². The first kappa shape index (κ1) is 30.1. The van der Waals surface area contributed by atoms with Crippen LogP contribution >= 0.6 is 0 Å². The van der Waals surface area contributed by atoms with Crippen molar-refractivity contribution in [2.75, 3.05) is 26.4 Å². The molecule has 2 rings (SSSR count). The van der Waals surface area contributed by atoms with E-state index in [4.69, 9.17) is 4.74 Å². The van der Waals surface area contributed by atoms with Crippen molar-refractivity contribution in [1.29, 1.82) is 0 Å². The molecular weight excluding hydrogens is 474 g/mol. The van der Waals surface area contributed by atoms with Crippen LogP contribution in [0, 0.1) is 11.8 Å². The summed E-state index contributed by atoms with van der Waals surface area (Å²) in [5.41, 5.74) is 0.208. The Bertz CT molecular complexity index is 694. The van der Waals surface area contributed by atoms with E-state index in [1.807, 2.05) is 0 Å². The molecule has 204 valence electrons. The van der Waals surface area contributed by atoms with Crippen LogP contribution in [0.2, 0.25) is 0 Å². The van der Waals surface area contributed by atoms with Crippen LogP contribution in [-0.2, 0) is 9.53 Å². The second-order valence-corrected chi connectivity index (χ2v) is 9.03. The monoisotopic (exact) mass is 511 g/mol. The third-order valence-corrected chi connectivity index (χ3v) is 6.90. The van der Waals surface area contributed by atoms with Crippen molar-refractivity contribution in [2.24, 2.45) is 11.8 Å². The molecule has 0 radical (unpaired) electrons. The van der Waals surface area contributed by atoms with Gasteiger partial charge in [-0.2, -0.15) is 0 Å². The molecule has 0 amide bonds. The van der Waals surface area contributed by atoms with Gasteiger partial charge in [-0.3, -0.25) is 0 Å². The maximum Gasteiger partial charge on any atom is 0.151 e. The number of nitrogens with one attached hydrogen (secondary N) is 1. The molecule has 35 heavy (non-hydrogen) atoms. The molecule has 12 N–H and O–H groups in total. The SMILES string of the molecule is O=CC(O)C(O)C(NC1C=C(CO)C(CC2OC(CO)C(O)C(O)C2O)C(O)C1CO)C(O)CO. The van der Waals surface area contributed by atoms with Crippen molar-refractivity contribution in [2.45, 2.75) is 73.4 Å². The van der Waals surface area contributed by atoms with Crippen molar-refractivity contribution in [3.05, 3.63) is 11.6 Å². The molecular formula is C21H37NO13. The Morgan fingerprint density at radius 2 is 1.54 bits per heavy atom. The number of aldehydes is 1. The first-order chi connectivity index (χ1) is 16.6. The van der Waals surface area contributed by atoms with E-state index in [1.54, 1.807) is 0 Å². The highest BCUT2D eigenvalue weighted by atomic mass is 16.5. The zero-order valence-electron chi connectivity index (χ0n) is 18.9. The summed E-state index contributed by atoms with van der Waals surface area (Å²) in [7, 11) is 0. The lowest BCUT2D eigenvalue weighted by Crippen LogP contribution is -2.62. The number of rotatable bonds is 12. The molecule has 1 heterocycles. The van der Waals surface area contributed by atoms with Crippen LogP contribution in [0.3, 0.4) is 0 Å². The first-order valence-corrected chi connectivity index (χ1v) is 11.3. The molecule has 14 heteroatoms. The third-order valence-electron chi connectivity index (χ3n) is 6.90. The Kier molecular flexibility index (Phi) is 11.6. The molecule has 0 aromatic rings. The van der Waals surface area contributed by atoms with E-state index in [0.29, 0.717) is 0 Å². The summed E-state index contributed by atoms with van der Waals surface area (Å²) < 4.78 is 5.49. The summed E-state index contributed by atoms with van der Waals surface area (Å²) in [6, 6.07) is -2.48. The molecule has 1 aliphatic carbocycles. The van der Waals surface area contributed by atoms with Gasteiger partial charge in [0.05, 0.1) is 50.8 Å². The summed E-state index contributed by atoms with van der Waals surface area (Å²) in [6.07, 6.45) is -12.6. The Hall–Kier alpha value is -1.11. The minimum Gasteiger partial charge on any atom is -0.396 e. The van der Waals surface area contributed by atoms with E-state index in [2.05, 4.69) is 5.32 Å². The van der Waals surface area contributed by atoms with Gasteiger partial charge in [0.1, 0.15) is 36.6 Å². The van der Waals surface area contributed by atoms with Gasteiger partial charge in [0.25, 0.3) is 0 Å². The number of carbonyl (C=O) groups excluding carboxylic acids is 1. The molecule has 0 aromatic carbocycles. The molecule has 2 aliphatic rings. The maximum absolute atomic E-state index is 11.0. The Morgan fingerprint density at radius 1 is 0.914 bits per heavy atom. The summed E-state index contributed by atoms with van der Waals surface area (Å²) >= 11 is 0. The van der Waals surface area contributed by atoms with Gasteiger partial charge in [-0.1, -0.05) is 6.08 Å². The lowest BCUT2D eigenvalue weighted by molar-refractivity contribution is -0.234. The smallest absolute Gasteiger partial charge is 0.151 e. The topological polar surface area (TPSA) is 261 Å². The van der Waals surface area contributed by atoms with Crippen LogP contribution in [0.5, 0.6) is 0 Å². The van der Waals surface area contributed by atoms with Crippen LogP contribution in [0.1, 0.15) is 6.42 Å². The number of hydrogen-bond acceptors (Lipinski definition) is 14. The highest BCUT2D eigenvalue weighted by Gasteiger charge is 2.47. The highest BCUT2D eigenvalue weighted by Crippen LogP contribution is 2.36. The van der Waals surface area contributed by atoms with Gasteiger partial charge in [0.15, 0.2) is 6.29 Å². The average Bonchev–Trinajstić information content (AvgIpc) is 2.86. The third kappa shape index (κ3) is 6.61. The fourth-order valence-corrected chi connectivity index (χ4v) is 4.75. The lowest BCUT2D eigenvalue weighted by Gasteiger charge is -2.45.